The van der Waals surface area contributed by atoms with Crippen molar-refractivity contribution >= 4 is 6.03 Å². The minimum absolute atomic E-state index is 0.0760. The van der Waals surface area contributed by atoms with Crippen molar-refractivity contribution in [2.24, 2.45) is 17.8 Å². The average molecular weight is 304 g/mol. The van der Waals surface area contributed by atoms with Crippen LogP contribution in [-0.4, -0.2) is 40.0 Å². The van der Waals surface area contributed by atoms with E-state index in [1.54, 1.807) is 0 Å². The fraction of sp³-hybridized carbons (Fsp3) is 0.750. The lowest BCUT2D eigenvalue weighted by Crippen LogP contribution is -2.52. The molecule has 2 amide bonds. The van der Waals surface area contributed by atoms with Crippen LogP contribution in [0.4, 0.5) is 4.79 Å². The Bertz CT molecular complexity index is 558. The van der Waals surface area contributed by atoms with Crippen LogP contribution in [0.2, 0.25) is 0 Å². The number of aliphatic hydroxyl groups excluding tert-OH is 1. The topological polar surface area (TPSA) is 90.0 Å². The number of aromatic amines is 1. The zero-order valence-corrected chi connectivity index (χ0v) is 12.7. The highest BCUT2D eigenvalue weighted by Crippen LogP contribution is 2.48. The summed E-state index contributed by atoms with van der Waals surface area (Å²) in [7, 11) is 0. The van der Waals surface area contributed by atoms with Gasteiger partial charge in [-0.2, -0.15) is 5.10 Å². The molecule has 3 aliphatic carbocycles. The zero-order valence-electron chi connectivity index (χ0n) is 12.7. The fourth-order valence-corrected chi connectivity index (χ4v) is 4.82. The van der Waals surface area contributed by atoms with Gasteiger partial charge in [-0.3, -0.25) is 5.10 Å². The number of carbonyl (C=O) groups excluding carboxylic acids is 1. The first kappa shape index (κ1) is 14.1. The molecular weight excluding hydrogens is 280 g/mol. The summed E-state index contributed by atoms with van der Waals surface area (Å²) < 4.78 is 0. The summed E-state index contributed by atoms with van der Waals surface area (Å²) >= 11 is 0. The average Bonchev–Trinajstić information content (AvgIpc) is 3.21. The van der Waals surface area contributed by atoms with Crippen molar-refractivity contribution < 1.29 is 9.90 Å². The molecule has 1 heterocycles. The standard InChI is InChI=1S/C16H24N4O2/c21-8-13-9-1-2-10(5-9)15(13)19-16(22)18-12-3-4-14-11(6-12)7-17-20-14/h7,9-10,12-13,15,21H,1-6,8H2,(H,17,20)(H2,18,19,22). The molecule has 3 aliphatic rings. The molecular formula is C16H24N4O2. The second kappa shape index (κ2) is 5.57. The quantitative estimate of drug-likeness (QED) is 0.671. The molecule has 22 heavy (non-hydrogen) atoms. The highest BCUT2D eigenvalue weighted by Gasteiger charge is 2.47. The monoisotopic (exact) mass is 304 g/mol. The van der Waals surface area contributed by atoms with Crippen molar-refractivity contribution in [1.82, 2.24) is 20.8 Å². The van der Waals surface area contributed by atoms with Crippen LogP contribution in [0.1, 0.15) is 36.9 Å². The molecule has 6 heteroatoms. The van der Waals surface area contributed by atoms with E-state index in [0.717, 1.165) is 25.7 Å². The van der Waals surface area contributed by atoms with Gasteiger partial charge < -0.3 is 15.7 Å². The number of H-pyrrole nitrogens is 1. The van der Waals surface area contributed by atoms with Gasteiger partial charge in [0, 0.05) is 30.3 Å². The molecule has 2 bridgehead atoms. The van der Waals surface area contributed by atoms with Crippen LogP contribution in [0.3, 0.4) is 0 Å². The number of aromatic nitrogens is 2. The number of aryl methyl sites for hydroxylation is 1. The van der Waals surface area contributed by atoms with Crippen LogP contribution in [-0.2, 0) is 12.8 Å². The predicted molar refractivity (Wildman–Crippen MR) is 81.3 cm³/mol. The van der Waals surface area contributed by atoms with Gasteiger partial charge in [0.25, 0.3) is 0 Å². The number of hydrogen-bond acceptors (Lipinski definition) is 3. The number of nitrogens with one attached hydrogen (secondary N) is 3. The number of nitrogens with zero attached hydrogens (tertiary/aromatic N) is 1. The highest BCUT2D eigenvalue weighted by molar-refractivity contribution is 5.74. The maximum absolute atomic E-state index is 12.3. The van der Waals surface area contributed by atoms with Crippen LogP contribution in [0.5, 0.6) is 0 Å². The Balaban J connectivity index is 1.34. The lowest BCUT2D eigenvalue weighted by Gasteiger charge is -2.31. The van der Waals surface area contributed by atoms with Gasteiger partial charge in [-0.25, -0.2) is 4.79 Å². The van der Waals surface area contributed by atoms with E-state index in [9.17, 15) is 9.90 Å². The summed E-state index contributed by atoms with van der Waals surface area (Å²) in [5.41, 5.74) is 2.41. The Morgan fingerprint density at radius 3 is 3.05 bits per heavy atom. The van der Waals surface area contributed by atoms with E-state index in [1.165, 1.54) is 24.1 Å². The molecule has 0 saturated heterocycles. The number of urea groups is 1. The molecule has 2 saturated carbocycles. The summed E-state index contributed by atoms with van der Waals surface area (Å²) in [5.74, 6) is 1.40. The number of fused-ring (bicyclic) bond motifs is 3. The maximum Gasteiger partial charge on any atom is 0.315 e. The molecule has 1 aromatic heterocycles. The number of amides is 2. The second-order valence-corrected chi connectivity index (χ2v) is 7.14. The predicted octanol–water partition coefficient (Wildman–Crippen LogP) is 0.973. The molecule has 2 fully saturated rings. The molecule has 0 aromatic carbocycles. The minimum Gasteiger partial charge on any atom is -0.396 e. The molecule has 5 unspecified atom stereocenters. The van der Waals surface area contributed by atoms with Crippen LogP contribution in [0, 0.1) is 17.8 Å². The SMILES string of the molecule is O=C(NC1CCc2[nH]ncc2C1)NC1C2CCC(C2)C1CO. The van der Waals surface area contributed by atoms with Crippen LogP contribution in [0.15, 0.2) is 6.20 Å². The van der Waals surface area contributed by atoms with Gasteiger partial charge in [-0.05, 0) is 55.9 Å². The summed E-state index contributed by atoms with van der Waals surface area (Å²) in [6, 6.07) is 0.251. The molecule has 6 nitrogen and oxygen atoms in total. The first-order valence-electron chi connectivity index (χ1n) is 8.43. The van der Waals surface area contributed by atoms with E-state index in [0.29, 0.717) is 11.8 Å². The van der Waals surface area contributed by atoms with Gasteiger partial charge in [-0.1, -0.05) is 0 Å². The molecule has 4 rings (SSSR count). The van der Waals surface area contributed by atoms with E-state index in [2.05, 4.69) is 20.8 Å². The van der Waals surface area contributed by atoms with E-state index >= 15 is 0 Å². The van der Waals surface area contributed by atoms with Crippen LogP contribution in [0.25, 0.3) is 0 Å². The number of hydrogen-bond donors (Lipinski definition) is 4. The largest absolute Gasteiger partial charge is 0.396 e. The second-order valence-electron chi connectivity index (χ2n) is 7.14. The summed E-state index contributed by atoms with van der Waals surface area (Å²) in [6.07, 6.45) is 8.15. The van der Waals surface area contributed by atoms with Gasteiger partial charge in [0.1, 0.15) is 0 Å². The van der Waals surface area contributed by atoms with Gasteiger partial charge in [0.05, 0.1) is 6.20 Å². The number of rotatable bonds is 3. The molecule has 0 radical (unpaired) electrons. The third-order valence-electron chi connectivity index (χ3n) is 5.95. The van der Waals surface area contributed by atoms with Gasteiger partial charge in [-0.15, -0.1) is 0 Å². The van der Waals surface area contributed by atoms with Gasteiger partial charge >= 0.3 is 6.03 Å². The van der Waals surface area contributed by atoms with Crippen LogP contribution >= 0.6 is 0 Å². The van der Waals surface area contributed by atoms with Crippen molar-refractivity contribution in [3.05, 3.63) is 17.5 Å². The van der Waals surface area contributed by atoms with Crippen molar-refractivity contribution in [3.8, 4) is 0 Å². The number of carbonyl (C=O) groups is 1. The third-order valence-corrected chi connectivity index (χ3v) is 5.95. The van der Waals surface area contributed by atoms with Crippen molar-refractivity contribution in [1.29, 1.82) is 0 Å². The Morgan fingerprint density at radius 2 is 2.18 bits per heavy atom. The lowest BCUT2D eigenvalue weighted by molar-refractivity contribution is 0.143. The third kappa shape index (κ3) is 2.39. The van der Waals surface area contributed by atoms with Crippen molar-refractivity contribution in [3.63, 3.8) is 0 Å². The molecule has 120 valence electrons. The van der Waals surface area contributed by atoms with Crippen molar-refractivity contribution in [2.45, 2.75) is 50.6 Å². The molecule has 4 N–H and O–H groups in total. The summed E-state index contributed by atoms with van der Waals surface area (Å²) in [4.78, 5) is 12.3. The lowest BCUT2D eigenvalue weighted by atomic mass is 9.85. The molecule has 1 aromatic rings. The normalized spacial score (nSPS) is 36.1. The van der Waals surface area contributed by atoms with E-state index in [-0.39, 0.29) is 30.6 Å². The highest BCUT2D eigenvalue weighted by atomic mass is 16.3. The van der Waals surface area contributed by atoms with E-state index in [4.69, 9.17) is 0 Å². The zero-order chi connectivity index (χ0) is 15.1. The van der Waals surface area contributed by atoms with E-state index < -0.39 is 0 Å². The summed E-state index contributed by atoms with van der Waals surface area (Å²) in [5, 5.41) is 22.9. The molecule has 0 spiro atoms. The molecule has 0 aliphatic heterocycles. The van der Waals surface area contributed by atoms with Gasteiger partial charge in [0.15, 0.2) is 0 Å². The van der Waals surface area contributed by atoms with Crippen molar-refractivity contribution in [2.75, 3.05) is 6.61 Å². The Morgan fingerprint density at radius 1 is 1.32 bits per heavy atom. The first-order valence-corrected chi connectivity index (χ1v) is 8.43. The Kier molecular flexibility index (Phi) is 3.56. The maximum atomic E-state index is 12.3. The molecule has 5 atom stereocenters. The number of aliphatic hydroxyl groups is 1. The van der Waals surface area contributed by atoms with E-state index in [1.807, 2.05) is 6.20 Å². The fourth-order valence-electron chi connectivity index (χ4n) is 4.82. The summed E-state index contributed by atoms with van der Waals surface area (Å²) in [6.45, 7) is 0.188. The Labute approximate surface area is 130 Å². The van der Waals surface area contributed by atoms with Gasteiger partial charge in [0.2, 0.25) is 0 Å². The first-order chi connectivity index (χ1) is 10.7. The minimum atomic E-state index is -0.0760. The Hall–Kier alpha value is -1.56. The smallest absolute Gasteiger partial charge is 0.315 e. The van der Waals surface area contributed by atoms with Crippen LogP contribution < -0.4 is 10.6 Å².